The molecule has 0 spiro atoms. The SMILES string of the molecule is N#Cc1ccnc(Oc2cc(Br)ccc2F)c1. The number of hydrogen-bond acceptors (Lipinski definition) is 3. The summed E-state index contributed by atoms with van der Waals surface area (Å²) < 4.78 is 19.4. The van der Waals surface area contributed by atoms with Crippen molar-refractivity contribution in [2.24, 2.45) is 0 Å². The molecule has 1 heterocycles. The second-order valence-electron chi connectivity index (χ2n) is 3.17. The van der Waals surface area contributed by atoms with Crippen LogP contribution in [-0.2, 0) is 0 Å². The van der Waals surface area contributed by atoms with E-state index in [1.807, 2.05) is 6.07 Å². The first-order chi connectivity index (χ1) is 8.19. The molecule has 5 heteroatoms. The average Bonchev–Trinajstić information content (AvgIpc) is 2.34. The number of benzene rings is 1. The first-order valence-electron chi connectivity index (χ1n) is 4.68. The molecule has 3 nitrogen and oxygen atoms in total. The second kappa shape index (κ2) is 4.93. The Morgan fingerprint density at radius 3 is 2.88 bits per heavy atom. The topological polar surface area (TPSA) is 45.9 Å². The molecule has 0 bridgehead atoms. The lowest BCUT2D eigenvalue weighted by molar-refractivity contribution is 0.427. The van der Waals surface area contributed by atoms with E-state index in [-0.39, 0.29) is 11.6 Å². The molecule has 84 valence electrons. The van der Waals surface area contributed by atoms with Gasteiger partial charge in [0, 0.05) is 16.7 Å². The van der Waals surface area contributed by atoms with Crippen LogP contribution in [0.2, 0.25) is 0 Å². The molecule has 0 aliphatic heterocycles. The lowest BCUT2D eigenvalue weighted by Gasteiger charge is -2.06. The number of hydrogen-bond donors (Lipinski definition) is 0. The summed E-state index contributed by atoms with van der Waals surface area (Å²) in [6.45, 7) is 0. The molecule has 0 aliphatic carbocycles. The normalized spacial score (nSPS) is 9.71. The first kappa shape index (κ1) is 11.6. The lowest BCUT2D eigenvalue weighted by Crippen LogP contribution is -1.91. The highest BCUT2D eigenvalue weighted by Gasteiger charge is 2.06. The van der Waals surface area contributed by atoms with Crippen LogP contribution in [0.15, 0.2) is 41.0 Å². The van der Waals surface area contributed by atoms with Crippen LogP contribution < -0.4 is 4.74 Å². The van der Waals surface area contributed by atoms with Crippen molar-refractivity contribution < 1.29 is 9.13 Å². The fraction of sp³-hybridized carbons (Fsp3) is 0. The molecule has 0 saturated carbocycles. The molecule has 0 radical (unpaired) electrons. The third kappa shape index (κ3) is 2.80. The van der Waals surface area contributed by atoms with Gasteiger partial charge in [-0.15, -0.1) is 0 Å². The highest BCUT2D eigenvalue weighted by atomic mass is 79.9. The third-order valence-electron chi connectivity index (χ3n) is 1.97. The smallest absolute Gasteiger partial charge is 0.220 e. The molecule has 0 saturated heterocycles. The minimum Gasteiger partial charge on any atom is -0.436 e. The van der Waals surface area contributed by atoms with E-state index in [0.717, 1.165) is 0 Å². The predicted molar refractivity (Wildman–Crippen MR) is 63.1 cm³/mol. The van der Waals surface area contributed by atoms with Gasteiger partial charge in [-0.05, 0) is 24.3 Å². The van der Waals surface area contributed by atoms with Crippen LogP contribution in [0.5, 0.6) is 11.6 Å². The predicted octanol–water partition coefficient (Wildman–Crippen LogP) is 3.65. The van der Waals surface area contributed by atoms with Crippen molar-refractivity contribution in [2.45, 2.75) is 0 Å². The average molecular weight is 293 g/mol. The Labute approximate surface area is 106 Å². The second-order valence-corrected chi connectivity index (χ2v) is 4.09. The van der Waals surface area contributed by atoms with E-state index in [2.05, 4.69) is 20.9 Å². The van der Waals surface area contributed by atoms with Crippen molar-refractivity contribution in [1.82, 2.24) is 4.98 Å². The third-order valence-corrected chi connectivity index (χ3v) is 2.46. The Balaban J connectivity index is 2.31. The molecular weight excluding hydrogens is 287 g/mol. The maximum absolute atomic E-state index is 13.4. The molecular formula is C12H6BrFN2O. The molecule has 1 aromatic heterocycles. The molecule has 2 aromatic rings. The van der Waals surface area contributed by atoms with Gasteiger partial charge in [0.1, 0.15) is 0 Å². The minimum atomic E-state index is -0.489. The van der Waals surface area contributed by atoms with Crippen molar-refractivity contribution in [1.29, 1.82) is 5.26 Å². The summed E-state index contributed by atoms with van der Waals surface area (Å²) in [6.07, 6.45) is 1.43. The van der Waals surface area contributed by atoms with E-state index in [1.165, 1.54) is 24.4 Å². The zero-order valence-corrected chi connectivity index (χ0v) is 10.1. The minimum absolute atomic E-state index is 0.0574. The van der Waals surface area contributed by atoms with Crippen molar-refractivity contribution in [3.8, 4) is 17.7 Å². The summed E-state index contributed by atoms with van der Waals surface area (Å²) in [6, 6.07) is 9.30. The summed E-state index contributed by atoms with van der Waals surface area (Å²) in [7, 11) is 0. The fourth-order valence-corrected chi connectivity index (χ4v) is 1.54. The molecule has 2 rings (SSSR count). The fourth-order valence-electron chi connectivity index (χ4n) is 1.20. The van der Waals surface area contributed by atoms with Gasteiger partial charge in [-0.1, -0.05) is 15.9 Å². The molecule has 0 amide bonds. The number of nitriles is 1. The van der Waals surface area contributed by atoms with Crippen molar-refractivity contribution in [3.05, 3.63) is 52.4 Å². The summed E-state index contributed by atoms with van der Waals surface area (Å²) in [5.41, 5.74) is 0.408. The summed E-state index contributed by atoms with van der Waals surface area (Å²) >= 11 is 3.22. The van der Waals surface area contributed by atoms with E-state index in [1.54, 1.807) is 12.1 Å². The van der Waals surface area contributed by atoms with Crippen LogP contribution in [0.25, 0.3) is 0 Å². The van der Waals surface area contributed by atoms with Gasteiger partial charge >= 0.3 is 0 Å². The van der Waals surface area contributed by atoms with Gasteiger partial charge in [0.05, 0.1) is 11.6 Å². The van der Waals surface area contributed by atoms with Gasteiger partial charge in [0.15, 0.2) is 11.6 Å². The van der Waals surface area contributed by atoms with E-state index < -0.39 is 5.82 Å². The molecule has 0 unspecified atom stereocenters. The molecule has 0 atom stereocenters. The number of ether oxygens (including phenoxy) is 1. The standard InChI is InChI=1S/C12H6BrFN2O/c13-9-1-2-10(14)11(6-9)17-12-5-8(7-15)3-4-16-12/h1-6H. The van der Waals surface area contributed by atoms with Crippen LogP contribution >= 0.6 is 15.9 Å². The highest BCUT2D eigenvalue weighted by molar-refractivity contribution is 9.10. The van der Waals surface area contributed by atoms with E-state index >= 15 is 0 Å². The monoisotopic (exact) mass is 292 g/mol. The number of rotatable bonds is 2. The Morgan fingerprint density at radius 2 is 2.12 bits per heavy atom. The number of aromatic nitrogens is 1. The summed E-state index contributed by atoms with van der Waals surface area (Å²) in [5, 5.41) is 8.71. The van der Waals surface area contributed by atoms with E-state index in [4.69, 9.17) is 10.00 Å². The molecule has 17 heavy (non-hydrogen) atoms. The first-order valence-corrected chi connectivity index (χ1v) is 5.47. The summed E-state index contributed by atoms with van der Waals surface area (Å²) in [5.74, 6) is -0.250. The van der Waals surface area contributed by atoms with Crippen LogP contribution in [0.1, 0.15) is 5.56 Å². The van der Waals surface area contributed by atoms with Gasteiger partial charge in [-0.25, -0.2) is 9.37 Å². The molecule has 0 fully saturated rings. The van der Waals surface area contributed by atoms with Crippen LogP contribution in [0.3, 0.4) is 0 Å². The Bertz CT molecular complexity index is 595. The summed E-state index contributed by atoms with van der Waals surface area (Å²) in [4.78, 5) is 3.90. The van der Waals surface area contributed by atoms with Crippen molar-refractivity contribution in [2.75, 3.05) is 0 Å². The quantitative estimate of drug-likeness (QED) is 0.849. The number of pyridine rings is 1. The van der Waals surface area contributed by atoms with Crippen molar-refractivity contribution in [3.63, 3.8) is 0 Å². The zero-order chi connectivity index (χ0) is 12.3. The highest BCUT2D eigenvalue weighted by Crippen LogP contribution is 2.26. The van der Waals surface area contributed by atoms with Gasteiger partial charge in [0.25, 0.3) is 0 Å². The van der Waals surface area contributed by atoms with Crippen LogP contribution in [0.4, 0.5) is 4.39 Å². The largest absolute Gasteiger partial charge is 0.436 e. The van der Waals surface area contributed by atoms with E-state index in [9.17, 15) is 4.39 Å². The van der Waals surface area contributed by atoms with Gasteiger partial charge < -0.3 is 4.74 Å². The van der Waals surface area contributed by atoms with Gasteiger partial charge in [-0.3, -0.25) is 0 Å². The number of nitrogens with zero attached hydrogens (tertiary/aromatic N) is 2. The Hall–Kier alpha value is -1.93. The number of halogens is 2. The maximum atomic E-state index is 13.4. The van der Waals surface area contributed by atoms with Gasteiger partial charge in [-0.2, -0.15) is 5.26 Å². The Morgan fingerprint density at radius 1 is 1.29 bits per heavy atom. The molecule has 1 aromatic carbocycles. The van der Waals surface area contributed by atoms with Crippen molar-refractivity contribution >= 4 is 15.9 Å². The molecule has 0 aliphatic rings. The van der Waals surface area contributed by atoms with Gasteiger partial charge in [0.2, 0.25) is 5.88 Å². The van der Waals surface area contributed by atoms with E-state index in [0.29, 0.717) is 10.0 Å². The van der Waals surface area contributed by atoms with Crippen LogP contribution in [-0.4, -0.2) is 4.98 Å². The zero-order valence-electron chi connectivity index (χ0n) is 8.52. The Kier molecular flexibility index (Phi) is 3.35. The maximum Gasteiger partial charge on any atom is 0.220 e. The lowest BCUT2D eigenvalue weighted by atomic mass is 10.3. The van der Waals surface area contributed by atoms with Crippen LogP contribution in [0, 0.1) is 17.1 Å². The molecule has 0 N–H and O–H groups in total.